The van der Waals surface area contributed by atoms with Crippen molar-refractivity contribution in [1.29, 1.82) is 0 Å². The highest BCUT2D eigenvalue weighted by Gasteiger charge is 2.34. The molecule has 0 aliphatic carbocycles. The summed E-state index contributed by atoms with van der Waals surface area (Å²) < 4.78 is 18.8. The van der Waals surface area contributed by atoms with Gasteiger partial charge in [0.1, 0.15) is 6.10 Å². The Hall–Kier alpha value is -0.120. The highest BCUT2D eigenvalue weighted by molar-refractivity contribution is 4.82. The number of hydrogen-bond donors (Lipinski definition) is 0. The maximum Gasteiger partial charge on any atom is 0.108 e. The van der Waals surface area contributed by atoms with Gasteiger partial charge in [-0.1, -0.05) is 20.8 Å². The monoisotopic (exact) mass is 330 g/mol. The van der Waals surface area contributed by atoms with Crippen molar-refractivity contribution in [2.24, 2.45) is 5.41 Å². The van der Waals surface area contributed by atoms with E-state index < -0.39 is 0 Å². The van der Waals surface area contributed by atoms with Gasteiger partial charge in [0.15, 0.2) is 0 Å². The van der Waals surface area contributed by atoms with E-state index in [1.54, 1.807) is 0 Å². The molecule has 0 saturated carbocycles. The fraction of sp³-hybridized carbons (Fsp3) is 1.00. The van der Waals surface area contributed by atoms with Crippen LogP contribution >= 0.6 is 0 Å². The second-order valence-corrected chi connectivity index (χ2v) is 10.7. The lowest BCUT2D eigenvalue weighted by Gasteiger charge is -2.40. The van der Waals surface area contributed by atoms with Gasteiger partial charge in [-0.3, -0.25) is 0 Å². The first-order valence-electron chi connectivity index (χ1n) is 8.88. The Balaban J connectivity index is 5.32. The van der Waals surface area contributed by atoms with Crippen LogP contribution in [0.1, 0.15) is 89.5 Å². The summed E-state index contributed by atoms with van der Waals surface area (Å²) in [6, 6.07) is 0. The van der Waals surface area contributed by atoms with Crippen molar-refractivity contribution in [2.45, 2.75) is 119 Å². The van der Waals surface area contributed by atoms with Crippen molar-refractivity contribution < 1.29 is 14.2 Å². The largest absolute Gasteiger partial charge is 0.373 e. The van der Waals surface area contributed by atoms with Crippen molar-refractivity contribution in [3.63, 3.8) is 0 Å². The Morgan fingerprint density at radius 2 is 0.957 bits per heavy atom. The van der Waals surface area contributed by atoms with Gasteiger partial charge in [-0.2, -0.15) is 0 Å². The van der Waals surface area contributed by atoms with Crippen LogP contribution in [0.5, 0.6) is 0 Å². The zero-order valence-electron chi connectivity index (χ0n) is 17.8. The van der Waals surface area contributed by atoms with Gasteiger partial charge in [0, 0.05) is 0 Å². The molecular formula is C20H42O3. The lowest BCUT2D eigenvalue weighted by Crippen LogP contribution is -2.46. The summed E-state index contributed by atoms with van der Waals surface area (Å²) in [6.07, 6.45) is 0.836. The Labute approximate surface area is 145 Å². The van der Waals surface area contributed by atoms with E-state index >= 15 is 0 Å². The first-order chi connectivity index (χ1) is 9.88. The summed E-state index contributed by atoms with van der Waals surface area (Å²) >= 11 is 0. The maximum absolute atomic E-state index is 6.38. The molecule has 23 heavy (non-hydrogen) atoms. The van der Waals surface area contributed by atoms with E-state index in [9.17, 15) is 0 Å². The molecule has 0 aromatic heterocycles. The fourth-order valence-electron chi connectivity index (χ4n) is 2.31. The van der Waals surface area contributed by atoms with Gasteiger partial charge in [0.05, 0.1) is 29.5 Å². The predicted molar refractivity (Wildman–Crippen MR) is 99.0 cm³/mol. The third-order valence-electron chi connectivity index (χ3n) is 2.92. The standard InChI is InChI=1S/C20H42O3/c1-17(2,3)13-15(22-19(7,8)9)16(23-20(10,11)12)14-21-18(4,5)6/h15-16H,13-14H2,1-12H3. The normalized spacial score (nSPS) is 17.2. The minimum atomic E-state index is -0.233. The minimum Gasteiger partial charge on any atom is -0.373 e. The predicted octanol–water partition coefficient (Wildman–Crippen LogP) is 5.61. The Bertz CT molecular complexity index is 318. The van der Waals surface area contributed by atoms with Gasteiger partial charge in [0.25, 0.3) is 0 Å². The lowest BCUT2D eigenvalue weighted by atomic mass is 9.87. The highest BCUT2D eigenvalue weighted by atomic mass is 16.6. The van der Waals surface area contributed by atoms with Crippen molar-refractivity contribution in [3.05, 3.63) is 0 Å². The van der Waals surface area contributed by atoms with Crippen LogP contribution in [0.25, 0.3) is 0 Å². The molecule has 0 saturated heterocycles. The Kier molecular flexibility index (Phi) is 7.80. The molecule has 2 unspecified atom stereocenters. The summed E-state index contributed by atoms with van der Waals surface area (Å²) in [5, 5.41) is 0. The third-order valence-corrected chi connectivity index (χ3v) is 2.92. The zero-order chi connectivity index (χ0) is 18.7. The average Bonchev–Trinajstić information content (AvgIpc) is 2.16. The molecule has 3 nitrogen and oxygen atoms in total. The number of ether oxygens (including phenoxy) is 3. The van der Waals surface area contributed by atoms with Crippen molar-refractivity contribution in [2.75, 3.05) is 6.61 Å². The van der Waals surface area contributed by atoms with Crippen molar-refractivity contribution in [3.8, 4) is 0 Å². The Morgan fingerprint density at radius 1 is 0.565 bits per heavy atom. The molecule has 0 bridgehead atoms. The number of hydrogen-bond acceptors (Lipinski definition) is 3. The molecule has 0 rings (SSSR count). The SMILES string of the molecule is CC(C)(C)CC(OC(C)(C)C)C(COC(C)(C)C)OC(C)(C)C. The van der Waals surface area contributed by atoms with Crippen molar-refractivity contribution in [1.82, 2.24) is 0 Å². The van der Waals surface area contributed by atoms with Gasteiger partial charge < -0.3 is 14.2 Å². The molecule has 0 heterocycles. The molecule has 0 aliphatic heterocycles. The molecule has 0 N–H and O–H groups in total. The van der Waals surface area contributed by atoms with E-state index in [4.69, 9.17) is 14.2 Å². The second kappa shape index (κ2) is 7.84. The van der Waals surface area contributed by atoms with Crippen LogP contribution in [-0.2, 0) is 14.2 Å². The van der Waals surface area contributed by atoms with E-state index in [-0.39, 0.29) is 34.4 Å². The maximum atomic E-state index is 6.38. The quantitative estimate of drug-likeness (QED) is 0.634. The van der Waals surface area contributed by atoms with Crippen LogP contribution in [0.4, 0.5) is 0 Å². The van der Waals surface area contributed by atoms with Gasteiger partial charge in [0.2, 0.25) is 0 Å². The number of rotatable bonds is 6. The van der Waals surface area contributed by atoms with E-state index in [0.29, 0.717) is 6.61 Å². The summed E-state index contributed by atoms with van der Waals surface area (Å²) in [4.78, 5) is 0. The van der Waals surface area contributed by atoms with Gasteiger partial charge >= 0.3 is 0 Å². The lowest BCUT2D eigenvalue weighted by molar-refractivity contribution is -0.196. The summed E-state index contributed by atoms with van der Waals surface area (Å²) in [5.41, 5.74) is -0.467. The van der Waals surface area contributed by atoms with E-state index in [2.05, 4.69) is 83.1 Å². The molecule has 140 valence electrons. The summed E-state index contributed by atoms with van der Waals surface area (Å²) in [7, 11) is 0. The van der Waals surface area contributed by atoms with E-state index in [1.165, 1.54) is 0 Å². The second-order valence-electron chi connectivity index (χ2n) is 10.7. The molecule has 0 amide bonds. The fourth-order valence-corrected chi connectivity index (χ4v) is 2.31. The molecule has 0 aromatic carbocycles. The van der Waals surface area contributed by atoms with E-state index in [1.807, 2.05) is 0 Å². The highest BCUT2D eigenvalue weighted by Crippen LogP contribution is 2.30. The zero-order valence-corrected chi connectivity index (χ0v) is 17.8. The summed E-state index contributed by atoms with van der Waals surface area (Å²) in [6.45, 7) is 26.0. The molecule has 0 aliphatic rings. The molecule has 0 spiro atoms. The minimum absolute atomic E-state index is 0.00317. The first-order valence-corrected chi connectivity index (χ1v) is 8.88. The average molecular weight is 331 g/mol. The van der Waals surface area contributed by atoms with Gasteiger partial charge in [-0.05, 0) is 74.1 Å². The summed E-state index contributed by atoms with van der Waals surface area (Å²) in [5.74, 6) is 0. The van der Waals surface area contributed by atoms with Crippen LogP contribution < -0.4 is 0 Å². The Morgan fingerprint density at radius 3 is 1.26 bits per heavy atom. The van der Waals surface area contributed by atoms with Crippen LogP contribution in [-0.4, -0.2) is 35.6 Å². The molecule has 0 fully saturated rings. The topological polar surface area (TPSA) is 27.7 Å². The molecular weight excluding hydrogens is 288 g/mol. The molecule has 0 aromatic rings. The molecule has 3 heteroatoms. The smallest absolute Gasteiger partial charge is 0.108 e. The molecule has 0 radical (unpaired) electrons. The van der Waals surface area contributed by atoms with E-state index in [0.717, 1.165) is 6.42 Å². The van der Waals surface area contributed by atoms with Crippen LogP contribution in [0.15, 0.2) is 0 Å². The first kappa shape index (κ1) is 22.9. The third kappa shape index (κ3) is 14.0. The van der Waals surface area contributed by atoms with Gasteiger partial charge in [-0.15, -0.1) is 0 Å². The van der Waals surface area contributed by atoms with Crippen LogP contribution in [0, 0.1) is 5.41 Å². The molecule has 2 atom stereocenters. The van der Waals surface area contributed by atoms with Crippen molar-refractivity contribution >= 4 is 0 Å². The van der Waals surface area contributed by atoms with Crippen LogP contribution in [0.3, 0.4) is 0 Å². The van der Waals surface area contributed by atoms with Crippen LogP contribution in [0.2, 0.25) is 0 Å². The van der Waals surface area contributed by atoms with Gasteiger partial charge in [-0.25, -0.2) is 0 Å².